The minimum atomic E-state index is -0.717. The molecule has 0 saturated heterocycles. The van der Waals surface area contributed by atoms with Gasteiger partial charge in [-0.15, -0.1) is 0 Å². The summed E-state index contributed by atoms with van der Waals surface area (Å²) in [6.45, 7) is 8.39. The molecule has 0 saturated carbocycles. The summed E-state index contributed by atoms with van der Waals surface area (Å²) in [5.74, 6) is 0.260. The molecule has 0 rings (SSSR count). The summed E-state index contributed by atoms with van der Waals surface area (Å²) in [6, 6.07) is 0.0791. The Morgan fingerprint density at radius 1 is 1.44 bits per heavy atom. The first kappa shape index (κ1) is 15.4. The molecule has 4 heteroatoms. The molecule has 0 heterocycles. The maximum Gasteiger partial charge on any atom is 0.221 e. The van der Waals surface area contributed by atoms with Gasteiger partial charge in [0.2, 0.25) is 5.91 Å². The van der Waals surface area contributed by atoms with Crippen LogP contribution in [0, 0.1) is 5.92 Å². The minimum Gasteiger partial charge on any atom is -0.389 e. The van der Waals surface area contributed by atoms with E-state index in [1.54, 1.807) is 7.05 Å². The van der Waals surface area contributed by atoms with Gasteiger partial charge in [0, 0.05) is 26.1 Å². The highest BCUT2D eigenvalue weighted by Crippen LogP contribution is 2.19. The highest BCUT2D eigenvalue weighted by atomic mass is 16.3. The summed E-state index contributed by atoms with van der Waals surface area (Å²) >= 11 is 0. The maximum absolute atomic E-state index is 11.1. The fourth-order valence-corrected chi connectivity index (χ4v) is 1.45. The van der Waals surface area contributed by atoms with Gasteiger partial charge >= 0.3 is 0 Å². The molecule has 16 heavy (non-hydrogen) atoms. The number of hydrogen-bond acceptors (Lipinski definition) is 3. The van der Waals surface area contributed by atoms with Crippen molar-refractivity contribution in [2.24, 2.45) is 5.92 Å². The molecule has 1 amide bonds. The molecule has 96 valence electrons. The second kappa shape index (κ2) is 6.86. The molecule has 0 fully saturated rings. The van der Waals surface area contributed by atoms with Crippen molar-refractivity contribution in [3.63, 3.8) is 0 Å². The molecule has 0 aromatic rings. The minimum absolute atomic E-state index is 0.0168. The van der Waals surface area contributed by atoms with Gasteiger partial charge in [0.05, 0.1) is 5.60 Å². The van der Waals surface area contributed by atoms with E-state index in [1.165, 1.54) is 0 Å². The molecule has 0 aliphatic heterocycles. The van der Waals surface area contributed by atoms with Gasteiger partial charge in [-0.2, -0.15) is 0 Å². The van der Waals surface area contributed by atoms with E-state index in [9.17, 15) is 9.90 Å². The van der Waals surface area contributed by atoms with E-state index in [0.29, 0.717) is 13.0 Å². The standard InChI is InChI=1S/C12H26N2O2/c1-6-9(2)12(4,16)8-14-10(3)7-11(15)13-5/h9-10,14,16H,6-8H2,1-5H3,(H,13,15). The molecular formula is C12H26N2O2. The topological polar surface area (TPSA) is 61.4 Å². The van der Waals surface area contributed by atoms with Crippen LogP contribution in [0.1, 0.15) is 40.5 Å². The molecule has 3 unspecified atom stereocenters. The number of nitrogens with one attached hydrogen (secondary N) is 2. The molecule has 4 nitrogen and oxygen atoms in total. The normalized spacial score (nSPS) is 18.6. The SMILES string of the molecule is CCC(C)C(C)(O)CNC(C)CC(=O)NC. The first-order valence-electron chi connectivity index (χ1n) is 5.99. The molecule has 0 radical (unpaired) electrons. The number of carbonyl (C=O) groups is 1. The Morgan fingerprint density at radius 3 is 2.44 bits per heavy atom. The quantitative estimate of drug-likeness (QED) is 0.609. The summed E-state index contributed by atoms with van der Waals surface area (Å²) in [5, 5.41) is 15.9. The van der Waals surface area contributed by atoms with Gasteiger partial charge in [-0.3, -0.25) is 4.79 Å². The van der Waals surface area contributed by atoms with E-state index in [4.69, 9.17) is 0 Å². The third-order valence-corrected chi connectivity index (χ3v) is 3.25. The fourth-order valence-electron chi connectivity index (χ4n) is 1.45. The molecule has 0 bridgehead atoms. The van der Waals surface area contributed by atoms with E-state index in [1.807, 2.05) is 20.8 Å². The first-order chi connectivity index (χ1) is 7.33. The van der Waals surface area contributed by atoms with Crippen LogP contribution in [0.5, 0.6) is 0 Å². The maximum atomic E-state index is 11.1. The van der Waals surface area contributed by atoms with Crippen molar-refractivity contribution in [2.75, 3.05) is 13.6 Å². The van der Waals surface area contributed by atoms with Crippen molar-refractivity contribution >= 4 is 5.91 Å². The van der Waals surface area contributed by atoms with E-state index in [0.717, 1.165) is 6.42 Å². The zero-order valence-electron chi connectivity index (χ0n) is 11.1. The van der Waals surface area contributed by atoms with E-state index < -0.39 is 5.60 Å². The summed E-state index contributed by atoms with van der Waals surface area (Å²) in [7, 11) is 1.63. The Morgan fingerprint density at radius 2 is 2.00 bits per heavy atom. The van der Waals surface area contributed by atoms with Crippen LogP contribution < -0.4 is 10.6 Å². The highest BCUT2D eigenvalue weighted by molar-refractivity contribution is 5.76. The van der Waals surface area contributed by atoms with Crippen LogP contribution in [0.15, 0.2) is 0 Å². The smallest absolute Gasteiger partial charge is 0.221 e. The Kier molecular flexibility index (Phi) is 6.60. The van der Waals surface area contributed by atoms with Crippen molar-refractivity contribution in [3.8, 4) is 0 Å². The zero-order chi connectivity index (χ0) is 12.8. The predicted molar refractivity (Wildman–Crippen MR) is 66.2 cm³/mol. The molecule has 0 spiro atoms. The van der Waals surface area contributed by atoms with Crippen molar-refractivity contribution < 1.29 is 9.90 Å². The van der Waals surface area contributed by atoms with Gasteiger partial charge in [-0.05, 0) is 19.8 Å². The van der Waals surface area contributed by atoms with Crippen LogP contribution in [0.3, 0.4) is 0 Å². The molecule has 0 aromatic heterocycles. The van der Waals surface area contributed by atoms with Crippen molar-refractivity contribution in [1.82, 2.24) is 10.6 Å². The largest absolute Gasteiger partial charge is 0.389 e. The van der Waals surface area contributed by atoms with Crippen LogP contribution in [0.2, 0.25) is 0 Å². The van der Waals surface area contributed by atoms with Gasteiger partial charge in [0.25, 0.3) is 0 Å². The summed E-state index contributed by atoms with van der Waals surface area (Å²) in [6.07, 6.45) is 1.38. The predicted octanol–water partition coefficient (Wildman–Crippen LogP) is 0.898. The summed E-state index contributed by atoms with van der Waals surface area (Å²) < 4.78 is 0. The lowest BCUT2D eigenvalue weighted by molar-refractivity contribution is -0.121. The van der Waals surface area contributed by atoms with Crippen molar-refractivity contribution in [3.05, 3.63) is 0 Å². The number of rotatable bonds is 7. The highest BCUT2D eigenvalue weighted by Gasteiger charge is 2.27. The fraction of sp³-hybridized carbons (Fsp3) is 0.917. The third-order valence-electron chi connectivity index (χ3n) is 3.25. The van der Waals surface area contributed by atoms with Gasteiger partial charge in [-0.25, -0.2) is 0 Å². The van der Waals surface area contributed by atoms with E-state index >= 15 is 0 Å². The van der Waals surface area contributed by atoms with Crippen LogP contribution in [0.4, 0.5) is 0 Å². The average molecular weight is 230 g/mol. The molecular weight excluding hydrogens is 204 g/mol. The number of aliphatic hydroxyl groups is 1. The van der Waals surface area contributed by atoms with Crippen molar-refractivity contribution in [1.29, 1.82) is 0 Å². The second-order valence-corrected chi connectivity index (χ2v) is 4.83. The van der Waals surface area contributed by atoms with Crippen LogP contribution in [0.25, 0.3) is 0 Å². The molecule has 3 N–H and O–H groups in total. The number of hydrogen-bond donors (Lipinski definition) is 3. The zero-order valence-corrected chi connectivity index (χ0v) is 11.1. The molecule has 0 aliphatic rings. The number of carbonyl (C=O) groups excluding carboxylic acids is 1. The first-order valence-corrected chi connectivity index (χ1v) is 5.99. The second-order valence-electron chi connectivity index (χ2n) is 4.83. The average Bonchev–Trinajstić information content (AvgIpc) is 2.25. The Labute approximate surface area is 98.8 Å². The lowest BCUT2D eigenvalue weighted by Gasteiger charge is -2.31. The molecule has 3 atom stereocenters. The van der Waals surface area contributed by atoms with Gasteiger partial charge < -0.3 is 15.7 Å². The lowest BCUT2D eigenvalue weighted by atomic mass is 9.88. The number of amides is 1. The monoisotopic (exact) mass is 230 g/mol. The molecule has 0 aromatic carbocycles. The summed E-state index contributed by atoms with van der Waals surface area (Å²) in [4.78, 5) is 11.1. The van der Waals surface area contributed by atoms with Crippen LogP contribution >= 0.6 is 0 Å². The Hall–Kier alpha value is -0.610. The third kappa shape index (κ3) is 5.47. The van der Waals surface area contributed by atoms with Crippen LogP contribution in [-0.4, -0.2) is 36.2 Å². The van der Waals surface area contributed by atoms with E-state index in [-0.39, 0.29) is 17.9 Å². The Bertz CT molecular complexity index is 217. The van der Waals surface area contributed by atoms with Gasteiger partial charge in [0.1, 0.15) is 0 Å². The Balaban J connectivity index is 3.99. The van der Waals surface area contributed by atoms with Crippen LogP contribution in [-0.2, 0) is 4.79 Å². The van der Waals surface area contributed by atoms with Crippen molar-refractivity contribution in [2.45, 2.75) is 52.2 Å². The van der Waals surface area contributed by atoms with E-state index in [2.05, 4.69) is 17.6 Å². The summed E-state index contributed by atoms with van der Waals surface area (Å²) in [5.41, 5.74) is -0.717. The lowest BCUT2D eigenvalue weighted by Crippen LogP contribution is -2.46. The molecule has 0 aliphatic carbocycles. The van der Waals surface area contributed by atoms with Gasteiger partial charge in [-0.1, -0.05) is 20.3 Å². The van der Waals surface area contributed by atoms with Gasteiger partial charge in [0.15, 0.2) is 0 Å².